The normalized spacial score (nSPS) is 25.1. The third-order valence-corrected chi connectivity index (χ3v) is 3.39. The molecule has 1 aliphatic heterocycles. The van der Waals surface area contributed by atoms with Gasteiger partial charge in [-0.05, 0) is 24.5 Å². The molecule has 0 bridgehead atoms. The maximum atomic E-state index is 10.5. The number of hydrogen-bond acceptors (Lipinski definition) is 2. The lowest BCUT2D eigenvalue weighted by molar-refractivity contribution is 0.0355. The van der Waals surface area contributed by atoms with Crippen molar-refractivity contribution in [1.29, 1.82) is 0 Å². The summed E-state index contributed by atoms with van der Waals surface area (Å²) in [4.78, 5) is 0. The van der Waals surface area contributed by atoms with Crippen LogP contribution in [-0.2, 0) is 4.74 Å². The van der Waals surface area contributed by atoms with Crippen LogP contribution in [0.25, 0.3) is 0 Å². The molecule has 0 radical (unpaired) electrons. The summed E-state index contributed by atoms with van der Waals surface area (Å²) in [7, 11) is 0. The second-order valence-electron chi connectivity index (χ2n) is 5.05. The van der Waals surface area contributed by atoms with Gasteiger partial charge in [-0.3, -0.25) is 0 Å². The number of ether oxygens (including phenoxy) is 1. The molecule has 0 unspecified atom stereocenters. The van der Waals surface area contributed by atoms with Gasteiger partial charge < -0.3 is 9.84 Å². The fraction of sp³-hybridized carbons (Fsp3) is 0.375. The van der Waals surface area contributed by atoms with Gasteiger partial charge in [-0.2, -0.15) is 0 Å². The third kappa shape index (κ3) is 2.71. The molecule has 2 rings (SSSR count). The molecule has 0 amide bonds. The van der Waals surface area contributed by atoms with Crippen molar-refractivity contribution in [2.24, 2.45) is 5.92 Å². The molecule has 1 aromatic rings. The van der Waals surface area contributed by atoms with E-state index in [1.165, 1.54) is 0 Å². The monoisotopic (exact) mass is 244 g/mol. The van der Waals surface area contributed by atoms with Crippen LogP contribution in [0, 0.1) is 5.92 Å². The summed E-state index contributed by atoms with van der Waals surface area (Å²) in [6.45, 7) is 10.5. The van der Waals surface area contributed by atoms with E-state index < -0.39 is 6.10 Å². The van der Waals surface area contributed by atoms with Gasteiger partial charge in [-0.15, -0.1) is 6.58 Å². The Morgan fingerprint density at radius 1 is 1.44 bits per heavy atom. The average Bonchev–Trinajstić information content (AvgIpc) is 2.70. The van der Waals surface area contributed by atoms with E-state index in [9.17, 15) is 5.11 Å². The van der Waals surface area contributed by atoms with Gasteiger partial charge in [0, 0.05) is 5.92 Å². The second kappa shape index (κ2) is 5.51. The van der Waals surface area contributed by atoms with Crippen LogP contribution < -0.4 is 0 Å². The molecule has 18 heavy (non-hydrogen) atoms. The Labute approximate surface area is 109 Å². The Kier molecular flexibility index (Phi) is 4.00. The topological polar surface area (TPSA) is 29.5 Å². The highest BCUT2D eigenvalue weighted by atomic mass is 16.5. The molecule has 1 fully saturated rings. The van der Waals surface area contributed by atoms with Gasteiger partial charge >= 0.3 is 0 Å². The smallest absolute Gasteiger partial charge is 0.0881 e. The Morgan fingerprint density at radius 3 is 2.72 bits per heavy atom. The number of hydrogen-bond donors (Lipinski definition) is 1. The predicted molar refractivity (Wildman–Crippen MR) is 73.2 cm³/mol. The minimum atomic E-state index is -0.550. The second-order valence-corrected chi connectivity index (χ2v) is 5.05. The number of aliphatic hydroxyl groups is 1. The molecule has 2 heteroatoms. The largest absolute Gasteiger partial charge is 0.388 e. The highest BCUT2D eigenvalue weighted by molar-refractivity contribution is 5.24. The Morgan fingerprint density at radius 2 is 2.11 bits per heavy atom. The molecule has 0 saturated carbocycles. The number of rotatable bonds is 4. The molecule has 0 aromatic heterocycles. The molecule has 1 saturated heterocycles. The van der Waals surface area contributed by atoms with E-state index in [-0.39, 0.29) is 12.0 Å². The maximum Gasteiger partial charge on any atom is 0.0881 e. The van der Waals surface area contributed by atoms with Crippen LogP contribution >= 0.6 is 0 Å². The van der Waals surface area contributed by atoms with Crippen LogP contribution in [0.4, 0.5) is 0 Å². The molecule has 2 nitrogen and oxygen atoms in total. The first-order valence-corrected chi connectivity index (χ1v) is 6.26. The van der Waals surface area contributed by atoms with E-state index in [1.807, 2.05) is 37.3 Å². The van der Waals surface area contributed by atoms with E-state index in [1.54, 1.807) is 0 Å². The van der Waals surface area contributed by atoms with Crippen molar-refractivity contribution in [1.82, 2.24) is 0 Å². The van der Waals surface area contributed by atoms with Crippen molar-refractivity contribution >= 4 is 0 Å². The van der Waals surface area contributed by atoms with Gasteiger partial charge in [-0.1, -0.05) is 42.5 Å². The number of benzene rings is 1. The zero-order valence-electron chi connectivity index (χ0n) is 10.8. The van der Waals surface area contributed by atoms with Crippen LogP contribution in [0.2, 0.25) is 0 Å². The summed E-state index contributed by atoms with van der Waals surface area (Å²) in [5, 5.41) is 10.5. The van der Waals surface area contributed by atoms with Crippen molar-refractivity contribution in [2.75, 3.05) is 6.61 Å². The molecule has 1 heterocycles. The fourth-order valence-electron chi connectivity index (χ4n) is 2.49. The predicted octanol–water partition coefficient (Wildman–Crippen LogP) is 3.26. The van der Waals surface area contributed by atoms with Gasteiger partial charge in [0.05, 0.1) is 18.8 Å². The minimum Gasteiger partial charge on any atom is -0.388 e. The van der Waals surface area contributed by atoms with Gasteiger partial charge in [0.1, 0.15) is 0 Å². The van der Waals surface area contributed by atoms with Crippen molar-refractivity contribution in [3.63, 3.8) is 0 Å². The van der Waals surface area contributed by atoms with Crippen molar-refractivity contribution < 1.29 is 9.84 Å². The summed E-state index contributed by atoms with van der Waals surface area (Å²) >= 11 is 0. The van der Waals surface area contributed by atoms with E-state index in [2.05, 4.69) is 13.2 Å². The van der Waals surface area contributed by atoms with Crippen LogP contribution in [0.15, 0.2) is 54.6 Å². The minimum absolute atomic E-state index is 0.00907. The molecular weight excluding hydrogens is 224 g/mol. The molecule has 0 aliphatic carbocycles. The Balaban J connectivity index is 2.18. The molecule has 0 spiro atoms. The Bertz CT molecular complexity index is 436. The summed E-state index contributed by atoms with van der Waals surface area (Å²) in [6.07, 6.45) is 0.212. The lowest BCUT2D eigenvalue weighted by Gasteiger charge is -2.24. The molecule has 3 atom stereocenters. The highest BCUT2D eigenvalue weighted by Gasteiger charge is 2.37. The van der Waals surface area contributed by atoms with E-state index in [0.717, 1.165) is 23.1 Å². The van der Waals surface area contributed by atoms with Gasteiger partial charge in [0.15, 0.2) is 0 Å². The summed E-state index contributed by atoms with van der Waals surface area (Å²) in [5.41, 5.74) is 2.96. The quantitative estimate of drug-likeness (QED) is 0.824. The zero-order valence-corrected chi connectivity index (χ0v) is 10.8. The lowest BCUT2D eigenvalue weighted by atomic mass is 9.85. The van der Waals surface area contributed by atoms with Crippen LogP contribution in [-0.4, -0.2) is 17.8 Å². The highest BCUT2D eigenvalue weighted by Crippen LogP contribution is 2.38. The summed E-state index contributed by atoms with van der Waals surface area (Å²) in [5.74, 6) is -0.0379. The summed E-state index contributed by atoms with van der Waals surface area (Å²) < 4.78 is 5.71. The van der Waals surface area contributed by atoms with E-state index in [4.69, 9.17) is 4.74 Å². The lowest BCUT2D eigenvalue weighted by Crippen LogP contribution is -2.23. The first-order chi connectivity index (χ1) is 8.59. The third-order valence-electron chi connectivity index (χ3n) is 3.39. The molecule has 1 aromatic carbocycles. The number of aliphatic hydroxyl groups excluding tert-OH is 1. The first-order valence-electron chi connectivity index (χ1n) is 6.26. The molecule has 1 aliphatic rings. The molecule has 1 N–H and O–H groups in total. The van der Waals surface area contributed by atoms with Gasteiger partial charge in [0.2, 0.25) is 0 Å². The SMILES string of the molecule is C=C(C)C[C@@H]1OCC(=C)[C@H]1[C@@H](O)c1ccccc1. The van der Waals surface area contributed by atoms with Crippen LogP contribution in [0.3, 0.4) is 0 Å². The fourth-order valence-corrected chi connectivity index (χ4v) is 2.49. The van der Waals surface area contributed by atoms with Gasteiger partial charge in [0.25, 0.3) is 0 Å². The molecular formula is C16H20O2. The average molecular weight is 244 g/mol. The zero-order chi connectivity index (χ0) is 13.1. The van der Waals surface area contributed by atoms with Crippen LogP contribution in [0.5, 0.6) is 0 Å². The van der Waals surface area contributed by atoms with E-state index >= 15 is 0 Å². The molecule has 96 valence electrons. The Hall–Kier alpha value is -1.38. The first kappa shape index (κ1) is 13.1. The van der Waals surface area contributed by atoms with Gasteiger partial charge in [-0.25, -0.2) is 0 Å². The summed E-state index contributed by atoms with van der Waals surface area (Å²) in [6, 6.07) is 9.69. The van der Waals surface area contributed by atoms with Crippen molar-refractivity contribution in [3.8, 4) is 0 Å². The van der Waals surface area contributed by atoms with E-state index in [0.29, 0.717) is 6.61 Å². The van der Waals surface area contributed by atoms with Crippen molar-refractivity contribution in [3.05, 3.63) is 60.2 Å². The standard InChI is InChI=1S/C16H20O2/c1-11(2)9-14-15(12(3)10-18-14)16(17)13-7-5-4-6-8-13/h4-8,14-17H,1,3,9-10H2,2H3/t14-,15+,16-/m0/s1. The van der Waals surface area contributed by atoms with Crippen molar-refractivity contribution in [2.45, 2.75) is 25.6 Å². The maximum absolute atomic E-state index is 10.5. The van der Waals surface area contributed by atoms with Crippen LogP contribution in [0.1, 0.15) is 25.0 Å².